The summed E-state index contributed by atoms with van der Waals surface area (Å²) in [6, 6.07) is 7.61. The van der Waals surface area contributed by atoms with Crippen molar-refractivity contribution in [1.82, 2.24) is 10.2 Å². The summed E-state index contributed by atoms with van der Waals surface area (Å²) in [6.07, 6.45) is 0.740. The number of hydrogen-bond donors (Lipinski definition) is 2. The number of carboxylic acids is 1. The first-order valence-electron chi connectivity index (χ1n) is 8.67. The SMILES string of the molecule is CC(C)CNC(=O)c1cccc(CN2CC(C)CC(C(=O)O)C2)c1. The highest BCUT2D eigenvalue weighted by Gasteiger charge is 2.29. The van der Waals surface area contributed by atoms with Gasteiger partial charge < -0.3 is 10.4 Å². The lowest BCUT2D eigenvalue weighted by Crippen LogP contribution is -2.42. The fraction of sp³-hybridized carbons (Fsp3) is 0.579. The van der Waals surface area contributed by atoms with E-state index in [1.54, 1.807) is 0 Å². The van der Waals surface area contributed by atoms with E-state index in [1.807, 2.05) is 24.3 Å². The van der Waals surface area contributed by atoms with Crippen molar-refractivity contribution >= 4 is 11.9 Å². The molecule has 1 amide bonds. The Morgan fingerprint density at radius 2 is 2.08 bits per heavy atom. The van der Waals surface area contributed by atoms with Gasteiger partial charge in [0.1, 0.15) is 0 Å². The van der Waals surface area contributed by atoms with Gasteiger partial charge in [-0.15, -0.1) is 0 Å². The first-order chi connectivity index (χ1) is 11.3. The van der Waals surface area contributed by atoms with E-state index in [1.165, 1.54) is 0 Å². The number of carbonyl (C=O) groups is 2. The summed E-state index contributed by atoms with van der Waals surface area (Å²) >= 11 is 0. The van der Waals surface area contributed by atoms with Crippen molar-refractivity contribution in [3.05, 3.63) is 35.4 Å². The number of carboxylic acid groups (broad SMARTS) is 1. The molecule has 1 aliphatic heterocycles. The lowest BCUT2D eigenvalue weighted by atomic mass is 9.90. The molecule has 2 atom stereocenters. The molecular formula is C19H28N2O3. The summed E-state index contributed by atoms with van der Waals surface area (Å²) in [6.45, 7) is 9.03. The van der Waals surface area contributed by atoms with Crippen LogP contribution in [0.4, 0.5) is 0 Å². The van der Waals surface area contributed by atoms with Crippen LogP contribution in [0.1, 0.15) is 43.1 Å². The first-order valence-corrected chi connectivity index (χ1v) is 8.67. The predicted molar refractivity (Wildman–Crippen MR) is 93.8 cm³/mol. The molecule has 0 bridgehead atoms. The van der Waals surface area contributed by atoms with Crippen molar-refractivity contribution in [3.8, 4) is 0 Å². The predicted octanol–water partition coefficient (Wildman–Crippen LogP) is 2.62. The molecule has 1 saturated heterocycles. The van der Waals surface area contributed by atoms with Crippen molar-refractivity contribution in [1.29, 1.82) is 0 Å². The Bertz CT molecular complexity index is 586. The molecule has 5 nitrogen and oxygen atoms in total. The molecule has 2 N–H and O–H groups in total. The highest BCUT2D eigenvalue weighted by atomic mass is 16.4. The zero-order valence-corrected chi connectivity index (χ0v) is 14.8. The molecule has 1 aromatic rings. The minimum Gasteiger partial charge on any atom is -0.481 e. The molecular weight excluding hydrogens is 304 g/mol. The van der Waals surface area contributed by atoms with E-state index in [4.69, 9.17) is 0 Å². The van der Waals surface area contributed by atoms with Gasteiger partial charge in [0.15, 0.2) is 0 Å². The molecule has 2 unspecified atom stereocenters. The Labute approximate surface area is 144 Å². The van der Waals surface area contributed by atoms with Crippen LogP contribution in [0.15, 0.2) is 24.3 Å². The highest BCUT2D eigenvalue weighted by molar-refractivity contribution is 5.94. The molecule has 1 heterocycles. The van der Waals surface area contributed by atoms with Gasteiger partial charge in [0.2, 0.25) is 0 Å². The number of carbonyl (C=O) groups excluding carboxylic acids is 1. The van der Waals surface area contributed by atoms with Crippen LogP contribution in [-0.2, 0) is 11.3 Å². The van der Waals surface area contributed by atoms with Crippen molar-refractivity contribution in [2.45, 2.75) is 33.7 Å². The number of amides is 1. The highest BCUT2D eigenvalue weighted by Crippen LogP contribution is 2.23. The smallest absolute Gasteiger partial charge is 0.307 e. The van der Waals surface area contributed by atoms with Gasteiger partial charge in [-0.25, -0.2) is 0 Å². The number of hydrogen-bond acceptors (Lipinski definition) is 3. The average molecular weight is 332 g/mol. The summed E-state index contributed by atoms with van der Waals surface area (Å²) in [5.41, 5.74) is 1.71. The van der Waals surface area contributed by atoms with Crippen LogP contribution in [0, 0.1) is 17.8 Å². The number of piperidine rings is 1. The summed E-state index contributed by atoms with van der Waals surface area (Å²) < 4.78 is 0. The molecule has 0 radical (unpaired) electrons. The Balaban J connectivity index is 2.01. The fourth-order valence-corrected chi connectivity index (χ4v) is 3.24. The van der Waals surface area contributed by atoms with Crippen LogP contribution in [0.2, 0.25) is 0 Å². The summed E-state index contributed by atoms with van der Waals surface area (Å²) in [7, 11) is 0. The van der Waals surface area contributed by atoms with Gasteiger partial charge in [0.05, 0.1) is 5.92 Å². The van der Waals surface area contributed by atoms with Gasteiger partial charge >= 0.3 is 5.97 Å². The number of rotatable bonds is 6. The second-order valence-electron chi connectivity index (χ2n) is 7.37. The zero-order chi connectivity index (χ0) is 17.7. The third-order valence-electron chi connectivity index (χ3n) is 4.35. The number of benzene rings is 1. The Morgan fingerprint density at radius 1 is 1.33 bits per heavy atom. The lowest BCUT2D eigenvalue weighted by Gasteiger charge is -2.34. The van der Waals surface area contributed by atoms with Gasteiger partial charge in [-0.3, -0.25) is 14.5 Å². The summed E-state index contributed by atoms with van der Waals surface area (Å²) in [5, 5.41) is 12.2. The second-order valence-corrected chi connectivity index (χ2v) is 7.37. The molecule has 0 aromatic heterocycles. The number of nitrogens with one attached hydrogen (secondary N) is 1. The molecule has 24 heavy (non-hydrogen) atoms. The van der Waals surface area contributed by atoms with Crippen LogP contribution in [0.25, 0.3) is 0 Å². The molecule has 0 saturated carbocycles. The van der Waals surface area contributed by atoms with Gasteiger partial charge in [-0.05, 0) is 36.0 Å². The largest absolute Gasteiger partial charge is 0.481 e. The average Bonchev–Trinajstić information content (AvgIpc) is 2.52. The Kier molecular flexibility index (Phi) is 6.37. The van der Waals surface area contributed by atoms with Crippen LogP contribution in [0.5, 0.6) is 0 Å². The van der Waals surface area contributed by atoms with Crippen molar-refractivity contribution in [2.24, 2.45) is 17.8 Å². The van der Waals surface area contributed by atoms with Crippen molar-refractivity contribution in [3.63, 3.8) is 0 Å². The standard InChI is InChI=1S/C19H28N2O3/c1-13(2)9-20-18(22)16-6-4-5-15(8-16)11-21-10-14(3)7-17(12-21)19(23)24/h4-6,8,13-14,17H,7,9-12H2,1-3H3,(H,20,22)(H,23,24). The van der Waals surface area contributed by atoms with Gasteiger partial charge in [-0.2, -0.15) is 0 Å². The number of nitrogens with zero attached hydrogens (tertiary/aromatic N) is 1. The monoisotopic (exact) mass is 332 g/mol. The Hall–Kier alpha value is -1.88. The van der Waals surface area contributed by atoms with Crippen LogP contribution in [-0.4, -0.2) is 41.5 Å². The molecule has 5 heteroatoms. The minimum atomic E-state index is -0.714. The zero-order valence-electron chi connectivity index (χ0n) is 14.8. The molecule has 132 valence electrons. The first kappa shape index (κ1) is 18.5. The van der Waals surface area contributed by atoms with Crippen molar-refractivity contribution < 1.29 is 14.7 Å². The van der Waals surface area contributed by atoms with E-state index in [-0.39, 0.29) is 11.8 Å². The quantitative estimate of drug-likeness (QED) is 0.840. The number of likely N-dealkylation sites (tertiary alicyclic amines) is 1. The van der Waals surface area contributed by atoms with Crippen molar-refractivity contribution in [2.75, 3.05) is 19.6 Å². The normalized spacial score (nSPS) is 21.7. The van der Waals surface area contributed by atoms with Crippen LogP contribution in [0.3, 0.4) is 0 Å². The maximum atomic E-state index is 12.2. The van der Waals surface area contributed by atoms with Gasteiger partial charge in [0, 0.05) is 31.7 Å². The lowest BCUT2D eigenvalue weighted by molar-refractivity contribution is -0.144. The van der Waals surface area contributed by atoms with E-state index >= 15 is 0 Å². The van der Waals surface area contributed by atoms with Crippen LogP contribution < -0.4 is 5.32 Å². The second kappa shape index (κ2) is 8.29. The third kappa shape index (κ3) is 5.34. The van der Waals surface area contributed by atoms with E-state index in [0.29, 0.717) is 37.0 Å². The summed E-state index contributed by atoms with van der Waals surface area (Å²) in [5.74, 6) is -0.280. The maximum Gasteiger partial charge on any atom is 0.307 e. The van der Waals surface area contributed by atoms with Gasteiger partial charge in [0.25, 0.3) is 5.91 Å². The fourth-order valence-electron chi connectivity index (χ4n) is 3.24. The van der Waals surface area contributed by atoms with E-state index in [9.17, 15) is 14.7 Å². The van der Waals surface area contributed by atoms with E-state index < -0.39 is 5.97 Å². The molecule has 0 aliphatic carbocycles. The summed E-state index contributed by atoms with van der Waals surface area (Å²) in [4.78, 5) is 25.7. The maximum absolute atomic E-state index is 12.2. The molecule has 0 spiro atoms. The third-order valence-corrected chi connectivity index (χ3v) is 4.35. The minimum absolute atomic E-state index is 0.0547. The van der Waals surface area contributed by atoms with Crippen LogP contribution >= 0.6 is 0 Å². The molecule has 1 aromatic carbocycles. The molecule has 2 rings (SSSR count). The molecule has 1 aliphatic rings. The van der Waals surface area contributed by atoms with E-state index in [0.717, 1.165) is 18.5 Å². The van der Waals surface area contributed by atoms with Gasteiger partial charge in [-0.1, -0.05) is 32.9 Å². The molecule has 1 fully saturated rings. The Morgan fingerprint density at radius 3 is 2.75 bits per heavy atom. The van der Waals surface area contributed by atoms with E-state index in [2.05, 4.69) is 31.0 Å². The number of aliphatic carboxylic acids is 1. The topological polar surface area (TPSA) is 69.6 Å².